The Morgan fingerprint density at radius 2 is 1.95 bits per heavy atom. The van der Waals surface area contributed by atoms with Crippen LogP contribution in [0.2, 0.25) is 0 Å². The van der Waals surface area contributed by atoms with Crippen molar-refractivity contribution in [3.63, 3.8) is 0 Å². The monoisotopic (exact) mass is 276 g/mol. The number of nitrogens with zero attached hydrogens (tertiary/aromatic N) is 1. The van der Waals surface area contributed by atoms with Gasteiger partial charge in [0.2, 0.25) is 0 Å². The van der Waals surface area contributed by atoms with Gasteiger partial charge in [-0.3, -0.25) is 0 Å². The normalized spacial score (nSPS) is 14.2. The van der Waals surface area contributed by atoms with E-state index in [1.54, 1.807) is 0 Å². The zero-order valence-corrected chi connectivity index (χ0v) is 10.3. The average molecular weight is 276 g/mol. The number of hydrogen-bond acceptors (Lipinski definition) is 3. The molecule has 0 amide bonds. The quantitative estimate of drug-likeness (QED) is 0.376. The van der Waals surface area contributed by atoms with Crippen LogP contribution in [0.4, 0.5) is 13.2 Å². The summed E-state index contributed by atoms with van der Waals surface area (Å²) in [6, 6.07) is 4.40. The van der Waals surface area contributed by atoms with E-state index in [2.05, 4.69) is 5.16 Å². The molecule has 1 rings (SSSR count). The summed E-state index contributed by atoms with van der Waals surface area (Å²) >= 11 is 0. The molecule has 1 aromatic rings. The molecule has 0 saturated heterocycles. The number of halogens is 3. The third-order valence-corrected chi connectivity index (χ3v) is 2.50. The van der Waals surface area contributed by atoms with Crippen LogP contribution in [0, 0.1) is 0 Å². The van der Waals surface area contributed by atoms with E-state index >= 15 is 0 Å². The molecule has 1 aromatic carbocycles. The molecule has 0 heterocycles. The number of hydrogen-bond donors (Lipinski definition) is 2. The number of oxime groups is 1. The minimum Gasteiger partial charge on any atom is -0.490 e. The van der Waals surface area contributed by atoms with Crippen molar-refractivity contribution >= 4 is 5.84 Å². The number of nitrogens with two attached hydrogens (primary N) is 1. The predicted octanol–water partition coefficient (Wildman–Crippen LogP) is 3.00. The van der Waals surface area contributed by atoms with Gasteiger partial charge >= 0.3 is 6.18 Å². The van der Waals surface area contributed by atoms with Crippen LogP contribution in [-0.4, -0.2) is 17.1 Å². The molecule has 7 heteroatoms. The molecule has 0 aliphatic rings. The largest absolute Gasteiger partial charge is 0.490 e. The summed E-state index contributed by atoms with van der Waals surface area (Å²) in [5.41, 5.74) is 4.62. The van der Waals surface area contributed by atoms with Crippen LogP contribution in [0.3, 0.4) is 0 Å². The Morgan fingerprint density at radius 1 is 1.37 bits per heavy atom. The maximum atomic E-state index is 12.4. The lowest BCUT2D eigenvalue weighted by molar-refractivity contribution is -0.137. The van der Waals surface area contributed by atoms with Crippen molar-refractivity contribution in [3.8, 4) is 5.75 Å². The standard InChI is InChI=1S/C12H15F3N2O2/c1-2-9(7-11(16)17-18)19-10-5-3-8(4-6-10)12(13,14)15/h3-6,9,18H,2,7H2,1H3,(H2,16,17). The Bertz CT molecular complexity index is 430. The SMILES string of the molecule is CCC(C/C(N)=N/O)Oc1ccc(C(F)(F)F)cc1. The second kappa shape index (κ2) is 6.31. The predicted molar refractivity (Wildman–Crippen MR) is 64.2 cm³/mol. The van der Waals surface area contributed by atoms with Gasteiger partial charge in [0.25, 0.3) is 0 Å². The van der Waals surface area contributed by atoms with Crippen molar-refractivity contribution < 1.29 is 23.1 Å². The Morgan fingerprint density at radius 3 is 2.37 bits per heavy atom. The van der Waals surface area contributed by atoms with E-state index in [-0.39, 0.29) is 18.4 Å². The van der Waals surface area contributed by atoms with Crippen molar-refractivity contribution in [2.75, 3.05) is 0 Å². The van der Waals surface area contributed by atoms with Crippen LogP contribution >= 0.6 is 0 Å². The highest BCUT2D eigenvalue weighted by Gasteiger charge is 2.30. The summed E-state index contributed by atoms with van der Waals surface area (Å²) in [7, 11) is 0. The Labute approximate surface area is 108 Å². The molecule has 19 heavy (non-hydrogen) atoms. The molecular weight excluding hydrogens is 261 g/mol. The minimum atomic E-state index is -4.36. The summed E-state index contributed by atoms with van der Waals surface area (Å²) in [4.78, 5) is 0. The van der Waals surface area contributed by atoms with Gasteiger partial charge < -0.3 is 15.7 Å². The zero-order chi connectivity index (χ0) is 14.5. The molecule has 0 fully saturated rings. The Balaban J connectivity index is 2.71. The highest BCUT2D eigenvalue weighted by atomic mass is 19.4. The van der Waals surface area contributed by atoms with E-state index < -0.39 is 11.7 Å². The minimum absolute atomic E-state index is 0.0127. The van der Waals surface area contributed by atoms with Gasteiger partial charge in [0.05, 0.1) is 5.56 Å². The molecule has 1 atom stereocenters. The van der Waals surface area contributed by atoms with Gasteiger partial charge in [-0.15, -0.1) is 0 Å². The molecule has 4 nitrogen and oxygen atoms in total. The topological polar surface area (TPSA) is 67.8 Å². The number of amidine groups is 1. The van der Waals surface area contributed by atoms with Gasteiger partial charge in [-0.1, -0.05) is 12.1 Å². The van der Waals surface area contributed by atoms with E-state index in [1.165, 1.54) is 12.1 Å². The van der Waals surface area contributed by atoms with Gasteiger partial charge in [0.1, 0.15) is 17.7 Å². The smallest absolute Gasteiger partial charge is 0.416 e. The lowest BCUT2D eigenvalue weighted by Crippen LogP contribution is -2.24. The number of ether oxygens (including phenoxy) is 1. The molecule has 0 spiro atoms. The summed E-state index contributed by atoms with van der Waals surface area (Å²) in [6.07, 6.45) is -3.94. The molecular formula is C12H15F3N2O2. The van der Waals surface area contributed by atoms with E-state index in [1.807, 2.05) is 6.92 Å². The third kappa shape index (κ3) is 4.69. The molecule has 3 N–H and O–H groups in total. The molecule has 0 aliphatic carbocycles. The summed E-state index contributed by atoms with van der Waals surface area (Å²) in [5, 5.41) is 11.3. The fourth-order valence-corrected chi connectivity index (χ4v) is 1.46. The number of benzene rings is 1. The van der Waals surface area contributed by atoms with Crippen molar-refractivity contribution in [1.29, 1.82) is 0 Å². The van der Waals surface area contributed by atoms with E-state index in [9.17, 15) is 13.2 Å². The zero-order valence-electron chi connectivity index (χ0n) is 10.3. The van der Waals surface area contributed by atoms with Crippen molar-refractivity contribution in [2.45, 2.75) is 32.0 Å². The van der Waals surface area contributed by atoms with Crippen molar-refractivity contribution in [3.05, 3.63) is 29.8 Å². The van der Waals surface area contributed by atoms with Gasteiger partial charge in [-0.25, -0.2) is 0 Å². The van der Waals surface area contributed by atoms with Crippen LogP contribution < -0.4 is 10.5 Å². The van der Waals surface area contributed by atoms with Gasteiger partial charge in [-0.05, 0) is 30.7 Å². The molecule has 1 unspecified atom stereocenters. The Hall–Kier alpha value is -1.92. The average Bonchev–Trinajstić information content (AvgIpc) is 2.37. The van der Waals surface area contributed by atoms with Crippen molar-refractivity contribution in [1.82, 2.24) is 0 Å². The second-order valence-corrected chi connectivity index (χ2v) is 3.97. The number of rotatable bonds is 5. The van der Waals surface area contributed by atoms with Crippen molar-refractivity contribution in [2.24, 2.45) is 10.9 Å². The molecule has 0 saturated carbocycles. The van der Waals surface area contributed by atoms with Gasteiger partial charge in [-0.2, -0.15) is 13.2 Å². The summed E-state index contributed by atoms with van der Waals surface area (Å²) in [6.45, 7) is 1.83. The summed E-state index contributed by atoms with van der Waals surface area (Å²) < 4.78 is 42.6. The second-order valence-electron chi connectivity index (χ2n) is 3.97. The van der Waals surface area contributed by atoms with Crippen LogP contribution in [0.1, 0.15) is 25.3 Å². The fourth-order valence-electron chi connectivity index (χ4n) is 1.46. The lowest BCUT2D eigenvalue weighted by Gasteiger charge is -2.17. The van der Waals surface area contributed by atoms with Crippen LogP contribution in [0.25, 0.3) is 0 Å². The number of alkyl halides is 3. The lowest BCUT2D eigenvalue weighted by atomic mass is 10.2. The maximum absolute atomic E-state index is 12.4. The van der Waals surface area contributed by atoms with E-state index in [0.717, 1.165) is 12.1 Å². The van der Waals surface area contributed by atoms with Gasteiger partial charge in [0.15, 0.2) is 0 Å². The maximum Gasteiger partial charge on any atom is 0.416 e. The summed E-state index contributed by atoms with van der Waals surface area (Å²) in [5.74, 6) is 0.323. The van der Waals surface area contributed by atoms with Crippen LogP contribution in [0.15, 0.2) is 29.4 Å². The van der Waals surface area contributed by atoms with Gasteiger partial charge in [0, 0.05) is 6.42 Å². The highest BCUT2D eigenvalue weighted by Crippen LogP contribution is 2.30. The highest BCUT2D eigenvalue weighted by molar-refractivity contribution is 5.80. The molecule has 106 valence electrons. The fraction of sp³-hybridized carbons (Fsp3) is 0.417. The molecule has 0 aliphatic heterocycles. The van der Waals surface area contributed by atoms with Crippen LogP contribution in [0.5, 0.6) is 5.75 Å². The first-order valence-electron chi connectivity index (χ1n) is 5.67. The first kappa shape index (κ1) is 15.1. The first-order chi connectivity index (χ1) is 8.86. The molecule has 0 radical (unpaired) electrons. The third-order valence-electron chi connectivity index (χ3n) is 2.50. The molecule has 0 bridgehead atoms. The molecule has 0 aromatic heterocycles. The van der Waals surface area contributed by atoms with Crippen LogP contribution in [-0.2, 0) is 6.18 Å². The van der Waals surface area contributed by atoms with E-state index in [0.29, 0.717) is 12.2 Å². The first-order valence-corrected chi connectivity index (χ1v) is 5.67. The Kier molecular flexibility index (Phi) is 5.02. The van der Waals surface area contributed by atoms with E-state index in [4.69, 9.17) is 15.7 Å².